The second-order valence-corrected chi connectivity index (χ2v) is 8.00. The number of benzene rings is 2. The number of amides is 2. The number of anilines is 1. The Hall–Kier alpha value is -3.16. The normalized spacial score (nSPS) is 16.4. The fourth-order valence-electron chi connectivity index (χ4n) is 3.77. The van der Waals surface area contributed by atoms with Gasteiger partial charge < -0.3 is 15.5 Å². The number of piperazine rings is 1. The fourth-order valence-corrected chi connectivity index (χ4v) is 4.16. The van der Waals surface area contributed by atoms with Crippen LogP contribution in [0.25, 0.3) is 22.0 Å². The monoisotopic (exact) mass is 455 g/mol. The molecule has 9 heteroatoms. The maximum absolute atomic E-state index is 12.1. The summed E-state index contributed by atoms with van der Waals surface area (Å²) in [5, 5.41) is 1.97. The summed E-state index contributed by atoms with van der Waals surface area (Å²) < 4.78 is 0. The van der Waals surface area contributed by atoms with E-state index in [0.29, 0.717) is 34.5 Å². The van der Waals surface area contributed by atoms with Crippen molar-refractivity contribution in [1.29, 1.82) is 0 Å². The molecule has 0 saturated carbocycles. The number of carbonyl (C=O) groups is 2. The highest BCUT2D eigenvalue weighted by molar-refractivity contribution is 6.34. The van der Waals surface area contributed by atoms with Crippen molar-refractivity contribution < 1.29 is 9.59 Å². The quantitative estimate of drug-likeness (QED) is 0.609. The van der Waals surface area contributed by atoms with Gasteiger partial charge in [0.05, 0.1) is 10.5 Å². The van der Waals surface area contributed by atoms with E-state index in [1.165, 1.54) is 17.3 Å². The Morgan fingerprint density at radius 2 is 1.87 bits per heavy atom. The smallest absolute Gasteiger partial charge is 0.246 e. The molecule has 7 nitrogen and oxygen atoms in total. The molecule has 3 aromatic rings. The van der Waals surface area contributed by atoms with E-state index in [9.17, 15) is 9.59 Å². The first-order valence-corrected chi connectivity index (χ1v) is 10.3. The lowest BCUT2D eigenvalue weighted by Crippen LogP contribution is -2.59. The Morgan fingerprint density at radius 1 is 1.13 bits per heavy atom. The van der Waals surface area contributed by atoms with E-state index in [-0.39, 0.29) is 12.5 Å². The average Bonchev–Trinajstić information content (AvgIpc) is 2.78. The third-order valence-corrected chi connectivity index (χ3v) is 5.89. The van der Waals surface area contributed by atoms with E-state index in [1.807, 2.05) is 23.1 Å². The van der Waals surface area contributed by atoms with E-state index >= 15 is 0 Å². The molecule has 4 rings (SSSR count). The van der Waals surface area contributed by atoms with Crippen molar-refractivity contribution in [3.63, 3.8) is 0 Å². The Balaban J connectivity index is 1.76. The molecule has 1 aromatic heterocycles. The Morgan fingerprint density at radius 3 is 2.55 bits per heavy atom. The molecule has 1 saturated heterocycles. The molecular weight excluding hydrogens is 437 g/mol. The molecule has 0 aliphatic carbocycles. The molecule has 0 radical (unpaired) electrons. The minimum atomic E-state index is -0.785. The lowest BCUT2D eigenvalue weighted by atomic mass is 10.0. The summed E-state index contributed by atoms with van der Waals surface area (Å²) in [6.45, 7) is 4.53. The van der Waals surface area contributed by atoms with Crippen LogP contribution in [0.1, 0.15) is 0 Å². The summed E-state index contributed by atoms with van der Waals surface area (Å²) >= 11 is 12.5. The molecule has 0 bridgehead atoms. The number of hydrogen-bond donors (Lipinski definition) is 1. The van der Waals surface area contributed by atoms with Crippen LogP contribution in [0.4, 0.5) is 5.82 Å². The van der Waals surface area contributed by atoms with E-state index < -0.39 is 11.9 Å². The van der Waals surface area contributed by atoms with Crippen LogP contribution in [0.5, 0.6) is 0 Å². The van der Waals surface area contributed by atoms with Gasteiger partial charge in [0.25, 0.3) is 0 Å². The van der Waals surface area contributed by atoms with E-state index in [0.717, 1.165) is 16.5 Å². The third kappa shape index (κ3) is 4.06. The summed E-state index contributed by atoms with van der Waals surface area (Å²) in [6, 6.07) is 10.3. The van der Waals surface area contributed by atoms with Crippen molar-refractivity contribution in [3.8, 4) is 11.1 Å². The molecule has 2 N–H and O–H groups in total. The van der Waals surface area contributed by atoms with E-state index in [2.05, 4.69) is 16.5 Å². The minimum absolute atomic E-state index is 0.222. The van der Waals surface area contributed by atoms with Crippen molar-refractivity contribution in [2.75, 3.05) is 24.5 Å². The first-order chi connectivity index (χ1) is 14.9. The van der Waals surface area contributed by atoms with Crippen molar-refractivity contribution in [1.82, 2.24) is 14.9 Å². The SMILES string of the molecule is C=CC(=O)N1CCN(c2ncnc3cc(Cl)c(-c4ccc(Cl)cc4)cc23)CC1C(N)=O. The van der Waals surface area contributed by atoms with Gasteiger partial charge >= 0.3 is 0 Å². The first kappa shape index (κ1) is 21.1. The maximum Gasteiger partial charge on any atom is 0.246 e. The summed E-state index contributed by atoms with van der Waals surface area (Å²) in [4.78, 5) is 36.4. The third-order valence-electron chi connectivity index (χ3n) is 5.32. The number of fused-ring (bicyclic) bond motifs is 1. The van der Waals surface area contributed by atoms with Crippen LogP contribution in [0.3, 0.4) is 0 Å². The summed E-state index contributed by atoms with van der Waals surface area (Å²) in [7, 11) is 0. The number of halogens is 2. The number of rotatable bonds is 4. The lowest BCUT2D eigenvalue weighted by Gasteiger charge is -2.40. The van der Waals surface area contributed by atoms with Crippen molar-refractivity contribution in [3.05, 3.63) is 65.4 Å². The minimum Gasteiger partial charge on any atom is -0.368 e. The van der Waals surface area contributed by atoms with Crippen LogP contribution in [-0.2, 0) is 9.59 Å². The van der Waals surface area contributed by atoms with Gasteiger partial charge in [0.15, 0.2) is 0 Å². The molecule has 1 aliphatic heterocycles. The molecule has 1 atom stereocenters. The van der Waals surface area contributed by atoms with Crippen molar-refractivity contribution >= 4 is 51.7 Å². The molecule has 31 heavy (non-hydrogen) atoms. The van der Waals surface area contributed by atoms with Gasteiger partial charge in [-0.05, 0) is 35.9 Å². The van der Waals surface area contributed by atoms with E-state index in [1.54, 1.807) is 18.2 Å². The number of aromatic nitrogens is 2. The Bertz CT molecular complexity index is 1180. The van der Waals surface area contributed by atoms with Crippen molar-refractivity contribution in [2.45, 2.75) is 6.04 Å². The Kier molecular flexibility index (Phi) is 5.80. The second-order valence-electron chi connectivity index (χ2n) is 7.15. The summed E-state index contributed by atoms with van der Waals surface area (Å²) in [6.07, 6.45) is 2.64. The van der Waals surface area contributed by atoms with Crippen LogP contribution in [-0.4, -0.2) is 52.4 Å². The van der Waals surface area contributed by atoms with Crippen LogP contribution < -0.4 is 10.6 Å². The van der Waals surface area contributed by atoms with Crippen LogP contribution >= 0.6 is 23.2 Å². The van der Waals surface area contributed by atoms with Crippen LogP contribution in [0.2, 0.25) is 10.0 Å². The number of carbonyl (C=O) groups excluding carboxylic acids is 2. The largest absolute Gasteiger partial charge is 0.368 e. The Labute approximate surface area is 189 Å². The number of hydrogen-bond acceptors (Lipinski definition) is 5. The van der Waals surface area contributed by atoms with Gasteiger partial charge in [-0.25, -0.2) is 9.97 Å². The predicted octanol–water partition coefficient (Wildman–Crippen LogP) is 3.29. The highest BCUT2D eigenvalue weighted by Gasteiger charge is 2.34. The average molecular weight is 456 g/mol. The first-order valence-electron chi connectivity index (χ1n) is 9.56. The number of primary amides is 1. The zero-order valence-corrected chi connectivity index (χ0v) is 18.0. The topological polar surface area (TPSA) is 92.4 Å². The molecule has 158 valence electrons. The standard InChI is InChI=1S/C22H19Cl2N5O2/c1-2-20(30)29-8-7-28(11-19(29)21(25)31)22-16-9-15(13-3-5-14(23)6-4-13)17(24)10-18(16)26-12-27-22/h2-6,9-10,12,19H,1,7-8,11H2,(H2,25,31). The molecule has 2 amide bonds. The van der Waals surface area contributed by atoms with Gasteiger partial charge in [-0.15, -0.1) is 0 Å². The van der Waals surface area contributed by atoms with Crippen molar-refractivity contribution in [2.24, 2.45) is 5.73 Å². The summed E-state index contributed by atoms with van der Waals surface area (Å²) in [5.41, 5.74) is 7.97. The molecule has 2 aromatic carbocycles. The second kappa shape index (κ2) is 8.53. The molecule has 2 heterocycles. The molecular formula is C22H19Cl2N5O2. The lowest BCUT2D eigenvalue weighted by molar-refractivity contribution is -0.136. The number of nitrogens with two attached hydrogens (primary N) is 1. The highest BCUT2D eigenvalue weighted by Crippen LogP contribution is 2.35. The van der Waals surface area contributed by atoms with Crippen LogP contribution in [0, 0.1) is 0 Å². The number of nitrogens with zero attached hydrogens (tertiary/aromatic N) is 4. The molecule has 1 fully saturated rings. The van der Waals surface area contributed by atoms with Gasteiger partial charge in [-0.1, -0.05) is 41.9 Å². The predicted molar refractivity (Wildman–Crippen MR) is 122 cm³/mol. The van der Waals surface area contributed by atoms with Gasteiger partial charge in [-0.3, -0.25) is 9.59 Å². The molecule has 1 unspecified atom stereocenters. The zero-order valence-electron chi connectivity index (χ0n) is 16.5. The zero-order chi connectivity index (χ0) is 22.1. The van der Waals surface area contributed by atoms with Gasteiger partial charge in [0.2, 0.25) is 11.8 Å². The molecule has 1 aliphatic rings. The summed E-state index contributed by atoms with van der Waals surface area (Å²) in [5.74, 6) is -0.259. The molecule has 0 spiro atoms. The van der Waals surface area contributed by atoms with E-state index in [4.69, 9.17) is 28.9 Å². The maximum atomic E-state index is 12.1. The highest BCUT2D eigenvalue weighted by atomic mass is 35.5. The van der Waals surface area contributed by atoms with Gasteiger partial charge in [0.1, 0.15) is 18.2 Å². The fraction of sp³-hybridized carbons (Fsp3) is 0.182. The van der Waals surface area contributed by atoms with Gasteiger partial charge in [-0.2, -0.15) is 0 Å². The van der Waals surface area contributed by atoms with Crippen LogP contribution in [0.15, 0.2) is 55.4 Å². The van der Waals surface area contributed by atoms with Gasteiger partial charge in [0, 0.05) is 35.6 Å².